The number of fused-ring (bicyclic) bond motifs is 1. The summed E-state index contributed by atoms with van der Waals surface area (Å²) in [6.07, 6.45) is 0. The number of likely N-dealkylation sites (N-methyl/N-ethyl adjacent to an activating group) is 1. The molecule has 21 heavy (non-hydrogen) atoms. The minimum absolute atomic E-state index is 0.175. The van der Waals surface area contributed by atoms with Crippen LogP contribution in [-0.4, -0.2) is 55.7 Å². The monoisotopic (exact) mass is 290 g/mol. The van der Waals surface area contributed by atoms with Gasteiger partial charge in [0.1, 0.15) is 0 Å². The van der Waals surface area contributed by atoms with Crippen molar-refractivity contribution in [3.63, 3.8) is 0 Å². The molecule has 0 aliphatic carbocycles. The van der Waals surface area contributed by atoms with Gasteiger partial charge in [-0.1, -0.05) is 6.07 Å². The van der Waals surface area contributed by atoms with Crippen LogP contribution in [0.3, 0.4) is 0 Å². The predicted octanol–water partition coefficient (Wildman–Crippen LogP) is 1.47. The van der Waals surface area contributed by atoms with E-state index in [1.807, 2.05) is 36.9 Å². The summed E-state index contributed by atoms with van der Waals surface area (Å²) < 4.78 is 10.8. The number of rotatable bonds is 2. The largest absolute Gasteiger partial charge is 0.454 e. The van der Waals surface area contributed by atoms with E-state index in [2.05, 4.69) is 11.9 Å². The summed E-state index contributed by atoms with van der Waals surface area (Å²) in [6, 6.07) is 5.77. The summed E-state index contributed by atoms with van der Waals surface area (Å²) in [5, 5.41) is 0. The van der Waals surface area contributed by atoms with Crippen LogP contribution in [0.25, 0.3) is 0 Å². The number of carbonyl (C=O) groups excluding carboxylic acids is 1. The summed E-state index contributed by atoms with van der Waals surface area (Å²) in [4.78, 5) is 17.1. The Hall–Kier alpha value is -1.75. The van der Waals surface area contributed by atoms with E-state index in [1.54, 1.807) is 0 Å². The molecule has 0 N–H and O–H groups in total. The van der Waals surface area contributed by atoms with Gasteiger partial charge >= 0.3 is 0 Å². The maximum atomic E-state index is 12.9. The molecule has 3 rings (SSSR count). The molecule has 0 saturated carbocycles. The Bertz CT molecular complexity index is 548. The second kappa shape index (κ2) is 5.22. The van der Waals surface area contributed by atoms with Gasteiger partial charge in [-0.15, -0.1) is 0 Å². The van der Waals surface area contributed by atoms with Crippen molar-refractivity contribution in [2.24, 2.45) is 0 Å². The Morgan fingerprint density at radius 1 is 1.10 bits per heavy atom. The number of nitrogens with zero attached hydrogens (tertiary/aromatic N) is 2. The molecule has 0 radical (unpaired) electrons. The molecule has 0 spiro atoms. The molecule has 1 aromatic rings. The summed E-state index contributed by atoms with van der Waals surface area (Å²) in [7, 11) is 2.09. The molecule has 2 aliphatic rings. The van der Waals surface area contributed by atoms with Gasteiger partial charge in [-0.3, -0.25) is 4.79 Å². The summed E-state index contributed by atoms with van der Waals surface area (Å²) in [6.45, 7) is 7.67. The van der Waals surface area contributed by atoms with Gasteiger partial charge in [-0.05, 0) is 38.6 Å². The Balaban J connectivity index is 1.80. The van der Waals surface area contributed by atoms with E-state index in [9.17, 15) is 4.79 Å². The van der Waals surface area contributed by atoms with E-state index in [4.69, 9.17) is 9.47 Å². The van der Waals surface area contributed by atoms with Gasteiger partial charge in [0, 0.05) is 26.2 Å². The van der Waals surface area contributed by atoms with Crippen molar-refractivity contribution in [2.75, 3.05) is 40.0 Å². The highest BCUT2D eigenvalue weighted by molar-refractivity contribution is 5.87. The summed E-state index contributed by atoms with van der Waals surface area (Å²) in [5.74, 6) is 1.66. The number of amides is 1. The number of piperazine rings is 1. The Kier molecular flexibility index (Phi) is 3.53. The number of hydrogen-bond donors (Lipinski definition) is 0. The maximum absolute atomic E-state index is 12.9. The first-order valence-corrected chi connectivity index (χ1v) is 7.36. The molecule has 5 nitrogen and oxygen atoms in total. The maximum Gasteiger partial charge on any atom is 0.232 e. The highest BCUT2D eigenvalue weighted by Crippen LogP contribution is 2.37. The van der Waals surface area contributed by atoms with Gasteiger partial charge in [0.05, 0.1) is 5.41 Å². The lowest BCUT2D eigenvalue weighted by Gasteiger charge is -2.37. The Morgan fingerprint density at radius 2 is 1.76 bits per heavy atom. The number of ether oxygens (including phenoxy) is 2. The van der Waals surface area contributed by atoms with Crippen LogP contribution < -0.4 is 9.47 Å². The van der Waals surface area contributed by atoms with Crippen LogP contribution in [0.15, 0.2) is 18.2 Å². The molecule has 2 aliphatic heterocycles. The number of hydrogen-bond acceptors (Lipinski definition) is 4. The fourth-order valence-electron chi connectivity index (χ4n) is 2.81. The standard InChI is InChI=1S/C16H22N2O3/c1-16(2,15(19)18-8-6-17(3)7-9-18)12-4-5-13-14(10-12)21-11-20-13/h4-5,10H,6-9,11H2,1-3H3. The molecule has 0 aromatic heterocycles. The molecule has 114 valence electrons. The lowest BCUT2D eigenvalue weighted by atomic mass is 9.82. The molecule has 1 fully saturated rings. The quantitative estimate of drug-likeness (QED) is 0.827. The lowest BCUT2D eigenvalue weighted by Crippen LogP contribution is -2.52. The average Bonchev–Trinajstić information content (AvgIpc) is 2.94. The fraction of sp³-hybridized carbons (Fsp3) is 0.562. The van der Waals surface area contributed by atoms with Gasteiger partial charge in [0.2, 0.25) is 12.7 Å². The first kappa shape index (κ1) is 14.2. The number of benzene rings is 1. The molecule has 1 saturated heterocycles. The van der Waals surface area contributed by atoms with Crippen molar-refractivity contribution >= 4 is 5.91 Å². The van der Waals surface area contributed by atoms with Crippen molar-refractivity contribution in [3.05, 3.63) is 23.8 Å². The molecule has 1 amide bonds. The van der Waals surface area contributed by atoms with Gasteiger partial charge in [-0.2, -0.15) is 0 Å². The third-order valence-electron chi connectivity index (χ3n) is 4.42. The molecular weight excluding hydrogens is 268 g/mol. The number of carbonyl (C=O) groups is 1. The Morgan fingerprint density at radius 3 is 2.48 bits per heavy atom. The second-order valence-corrected chi connectivity index (χ2v) is 6.29. The molecule has 2 heterocycles. The molecular formula is C16H22N2O3. The molecule has 5 heteroatoms. The summed E-state index contributed by atoms with van der Waals surface area (Å²) in [5.41, 5.74) is 0.410. The third-order valence-corrected chi connectivity index (χ3v) is 4.42. The minimum Gasteiger partial charge on any atom is -0.454 e. The SMILES string of the molecule is CN1CCN(C(=O)C(C)(C)c2ccc3c(c2)OCO3)CC1. The van der Waals surface area contributed by atoms with E-state index < -0.39 is 5.41 Å². The third kappa shape index (κ3) is 2.58. The molecule has 0 unspecified atom stereocenters. The van der Waals surface area contributed by atoms with Gasteiger partial charge in [0.25, 0.3) is 0 Å². The van der Waals surface area contributed by atoms with Crippen LogP contribution in [0, 0.1) is 0 Å². The first-order valence-electron chi connectivity index (χ1n) is 7.36. The zero-order valence-electron chi connectivity index (χ0n) is 12.9. The smallest absolute Gasteiger partial charge is 0.232 e. The average molecular weight is 290 g/mol. The van der Waals surface area contributed by atoms with E-state index in [-0.39, 0.29) is 12.7 Å². The lowest BCUT2D eigenvalue weighted by molar-refractivity contribution is -0.137. The second-order valence-electron chi connectivity index (χ2n) is 6.29. The van der Waals surface area contributed by atoms with Gasteiger partial charge < -0.3 is 19.3 Å². The zero-order valence-corrected chi connectivity index (χ0v) is 12.9. The van der Waals surface area contributed by atoms with Crippen LogP contribution in [0.5, 0.6) is 11.5 Å². The van der Waals surface area contributed by atoms with Crippen LogP contribution in [0.1, 0.15) is 19.4 Å². The highest BCUT2D eigenvalue weighted by atomic mass is 16.7. The minimum atomic E-state index is -0.559. The molecule has 0 bridgehead atoms. The van der Waals surface area contributed by atoms with Gasteiger partial charge in [-0.25, -0.2) is 0 Å². The van der Waals surface area contributed by atoms with Crippen LogP contribution in [-0.2, 0) is 10.2 Å². The fourth-order valence-corrected chi connectivity index (χ4v) is 2.81. The van der Waals surface area contributed by atoms with Crippen molar-refractivity contribution in [2.45, 2.75) is 19.3 Å². The molecule has 0 atom stereocenters. The van der Waals surface area contributed by atoms with Crippen LogP contribution in [0.2, 0.25) is 0 Å². The van der Waals surface area contributed by atoms with Crippen LogP contribution >= 0.6 is 0 Å². The zero-order chi connectivity index (χ0) is 15.0. The topological polar surface area (TPSA) is 42.0 Å². The van der Waals surface area contributed by atoms with Crippen molar-refractivity contribution in [1.82, 2.24) is 9.80 Å². The van der Waals surface area contributed by atoms with E-state index >= 15 is 0 Å². The molecule has 1 aromatic carbocycles. The van der Waals surface area contributed by atoms with Crippen molar-refractivity contribution in [1.29, 1.82) is 0 Å². The van der Waals surface area contributed by atoms with Crippen LogP contribution in [0.4, 0.5) is 0 Å². The normalized spacial score (nSPS) is 18.9. The summed E-state index contributed by atoms with van der Waals surface area (Å²) >= 11 is 0. The Labute approximate surface area is 125 Å². The van der Waals surface area contributed by atoms with E-state index in [0.29, 0.717) is 0 Å². The highest BCUT2D eigenvalue weighted by Gasteiger charge is 2.35. The van der Waals surface area contributed by atoms with Gasteiger partial charge in [0.15, 0.2) is 11.5 Å². The first-order chi connectivity index (χ1) is 9.98. The van der Waals surface area contributed by atoms with E-state index in [1.165, 1.54) is 0 Å². The van der Waals surface area contributed by atoms with Crippen molar-refractivity contribution in [3.8, 4) is 11.5 Å². The van der Waals surface area contributed by atoms with E-state index in [0.717, 1.165) is 43.2 Å². The predicted molar refractivity (Wildman–Crippen MR) is 79.7 cm³/mol. The van der Waals surface area contributed by atoms with Crippen molar-refractivity contribution < 1.29 is 14.3 Å².